The Hall–Kier alpha value is -2.02. The highest BCUT2D eigenvalue weighted by atomic mass is 19.1. The molecule has 1 unspecified atom stereocenters. The van der Waals surface area contributed by atoms with Crippen LogP contribution in [0.4, 0.5) is 8.78 Å². The summed E-state index contributed by atoms with van der Waals surface area (Å²) in [5.74, 6) is -1.64. The van der Waals surface area contributed by atoms with Gasteiger partial charge in [-0.25, -0.2) is 8.78 Å². The monoisotopic (exact) mass is 339 g/mol. The third kappa shape index (κ3) is 4.99. The van der Waals surface area contributed by atoms with E-state index in [1.54, 1.807) is 0 Å². The van der Waals surface area contributed by atoms with Gasteiger partial charge < -0.3 is 15.5 Å². The molecule has 2 amide bonds. The molecule has 1 fully saturated rings. The SMILES string of the molecule is CNCC1CCN(C(=O)CCCNC(=O)c2ccc(F)cc2F)C1. The Morgan fingerprint density at radius 2 is 2.12 bits per heavy atom. The van der Waals surface area contributed by atoms with Crippen molar-refractivity contribution in [2.75, 3.05) is 33.2 Å². The molecule has 0 aliphatic carbocycles. The molecule has 2 N–H and O–H groups in total. The lowest BCUT2D eigenvalue weighted by molar-refractivity contribution is -0.130. The lowest BCUT2D eigenvalue weighted by Gasteiger charge is -2.16. The van der Waals surface area contributed by atoms with Crippen LogP contribution >= 0.6 is 0 Å². The van der Waals surface area contributed by atoms with Crippen LogP contribution in [0.5, 0.6) is 0 Å². The van der Waals surface area contributed by atoms with Crippen molar-refractivity contribution in [1.29, 1.82) is 0 Å². The largest absolute Gasteiger partial charge is 0.352 e. The van der Waals surface area contributed by atoms with Crippen molar-refractivity contribution in [2.24, 2.45) is 5.92 Å². The molecule has 0 aromatic heterocycles. The average Bonchev–Trinajstić information content (AvgIpc) is 3.00. The van der Waals surface area contributed by atoms with Crippen molar-refractivity contribution in [1.82, 2.24) is 15.5 Å². The summed E-state index contributed by atoms with van der Waals surface area (Å²) >= 11 is 0. The van der Waals surface area contributed by atoms with E-state index >= 15 is 0 Å². The van der Waals surface area contributed by atoms with E-state index < -0.39 is 17.5 Å². The van der Waals surface area contributed by atoms with E-state index in [4.69, 9.17) is 0 Å². The summed E-state index contributed by atoms with van der Waals surface area (Å²) in [6.07, 6.45) is 1.84. The summed E-state index contributed by atoms with van der Waals surface area (Å²) in [6.45, 7) is 2.73. The van der Waals surface area contributed by atoms with Crippen LogP contribution < -0.4 is 10.6 Å². The predicted octanol–water partition coefficient (Wildman–Crippen LogP) is 1.54. The summed E-state index contributed by atoms with van der Waals surface area (Å²) in [7, 11) is 1.90. The topological polar surface area (TPSA) is 61.4 Å². The molecule has 5 nitrogen and oxygen atoms in total. The Labute approximate surface area is 140 Å². The number of carbonyl (C=O) groups is 2. The zero-order valence-corrected chi connectivity index (χ0v) is 13.8. The summed E-state index contributed by atoms with van der Waals surface area (Å²) in [5, 5.41) is 5.67. The van der Waals surface area contributed by atoms with Crippen molar-refractivity contribution in [3.8, 4) is 0 Å². The van der Waals surface area contributed by atoms with Crippen LogP contribution in [0.2, 0.25) is 0 Å². The zero-order chi connectivity index (χ0) is 17.5. The smallest absolute Gasteiger partial charge is 0.254 e. The van der Waals surface area contributed by atoms with E-state index in [0.717, 1.165) is 38.2 Å². The third-order valence-electron chi connectivity index (χ3n) is 4.16. The minimum Gasteiger partial charge on any atom is -0.352 e. The van der Waals surface area contributed by atoms with Crippen molar-refractivity contribution >= 4 is 11.8 Å². The van der Waals surface area contributed by atoms with Gasteiger partial charge in [-0.05, 0) is 44.5 Å². The number of benzene rings is 1. The van der Waals surface area contributed by atoms with Gasteiger partial charge >= 0.3 is 0 Å². The van der Waals surface area contributed by atoms with Gasteiger partial charge in [0.25, 0.3) is 5.91 Å². The van der Waals surface area contributed by atoms with Gasteiger partial charge in [0, 0.05) is 32.1 Å². The molecule has 0 saturated carbocycles. The average molecular weight is 339 g/mol. The second-order valence-corrected chi connectivity index (χ2v) is 6.04. The Morgan fingerprint density at radius 1 is 1.33 bits per heavy atom. The Bertz CT molecular complexity index is 595. The number of likely N-dealkylation sites (tertiary alicyclic amines) is 1. The minimum atomic E-state index is -0.892. The molecule has 1 aliphatic heterocycles. The quantitative estimate of drug-likeness (QED) is 0.741. The Kier molecular flexibility index (Phi) is 6.66. The Morgan fingerprint density at radius 3 is 2.83 bits per heavy atom. The van der Waals surface area contributed by atoms with Crippen LogP contribution in [0.15, 0.2) is 18.2 Å². The summed E-state index contributed by atoms with van der Waals surface area (Å²) in [5.41, 5.74) is -0.197. The van der Waals surface area contributed by atoms with Crippen LogP contribution in [0.3, 0.4) is 0 Å². The van der Waals surface area contributed by atoms with E-state index in [1.807, 2.05) is 11.9 Å². The predicted molar refractivity (Wildman–Crippen MR) is 86.5 cm³/mol. The molecule has 2 rings (SSSR count). The summed E-state index contributed by atoms with van der Waals surface area (Å²) < 4.78 is 26.3. The number of hydrogen-bond donors (Lipinski definition) is 2. The first-order valence-corrected chi connectivity index (χ1v) is 8.17. The number of nitrogens with zero attached hydrogens (tertiary/aromatic N) is 1. The molecule has 1 aromatic rings. The number of hydrogen-bond acceptors (Lipinski definition) is 3. The van der Waals surface area contributed by atoms with E-state index in [0.29, 0.717) is 24.8 Å². The normalized spacial score (nSPS) is 17.1. The van der Waals surface area contributed by atoms with Crippen LogP contribution in [-0.4, -0.2) is 49.9 Å². The molecule has 1 heterocycles. The fourth-order valence-corrected chi connectivity index (χ4v) is 2.88. The van der Waals surface area contributed by atoms with Gasteiger partial charge in [-0.15, -0.1) is 0 Å². The maximum Gasteiger partial charge on any atom is 0.254 e. The number of carbonyl (C=O) groups excluding carboxylic acids is 2. The molecule has 1 aliphatic rings. The molecule has 132 valence electrons. The van der Waals surface area contributed by atoms with Crippen molar-refractivity contribution in [2.45, 2.75) is 19.3 Å². The van der Waals surface area contributed by atoms with Crippen LogP contribution in [0, 0.1) is 17.6 Å². The molecule has 1 saturated heterocycles. The first-order chi connectivity index (χ1) is 11.5. The summed E-state index contributed by atoms with van der Waals surface area (Å²) in [4.78, 5) is 25.8. The van der Waals surface area contributed by atoms with Crippen LogP contribution in [0.25, 0.3) is 0 Å². The molecule has 1 atom stereocenters. The van der Waals surface area contributed by atoms with E-state index in [1.165, 1.54) is 0 Å². The fourth-order valence-electron chi connectivity index (χ4n) is 2.88. The fraction of sp³-hybridized carbons (Fsp3) is 0.529. The zero-order valence-electron chi connectivity index (χ0n) is 13.8. The third-order valence-corrected chi connectivity index (χ3v) is 4.16. The van der Waals surface area contributed by atoms with Gasteiger partial charge in [0.2, 0.25) is 5.91 Å². The lowest BCUT2D eigenvalue weighted by Crippen LogP contribution is -2.31. The second-order valence-electron chi connectivity index (χ2n) is 6.04. The van der Waals surface area contributed by atoms with Gasteiger partial charge in [-0.2, -0.15) is 0 Å². The second kappa shape index (κ2) is 8.73. The molecular formula is C17H23F2N3O2. The summed E-state index contributed by atoms with van der Waals surface area (Å²) in [6, 6.07) is 2.82. The van der Waals surface area contributed by atoms with Crippen molar-refractivity contribution < 1.29 is 18.4 Å². The van der Waals surface area contributed by atoms with Crippen molar-refractivity contribution in [3.05, 3.63) is 35.4 Å². The van der Waals surface area contributed by atoms with Gasteiger partial charge in [-0.3, -0.25) is 9.59 Å². The number of amides is 2. The van der Waals surface area contributed by atoms with E-state index in [2.05, 4.69) is 10.6 Å². The maximum atomic E-state index is 13.5. The Balaban J connectivity index is 1.69. The minimum absolute atomic E-state index is 0.0795. The highest BCUT2D eigenvalue weighted by Crippen LogP contribution is 2.16. The number of rotatable bonds is 7. The van der Waals surface area contributed by atoms with Gasteiger partial charge in [0.05, 0.1) is 5.56 Å². The van der Waals surface area contributed by atoms with E-state index in [-0.39, 0.29) is 18.0 Å². The number of nitrogens with one attached hydrogen (secondary N) is 2. The van der Waals surface area contributed by atoms with Crippen LogP contribution in [-0.2, 0) is 4.79 Å². The number of halogens is 2. The molecule has 7 heteroatoms. The molecule has 0 spiro atoms. The molecule has 0 bridgehead atoms. The highest BCUT2D eigenvalue weighted by Gasteiger charge is 2.25. The maximum absolute atomic E-state index is 13.5. The van der Waals surface area contributed by atoms with E-state index in [9.17, 15) is 18.4 Å². The molecule has 24 heavy (non-hydrogen) atoms. The standard InChI is InChI=1S/C17H23F2N3O2/c1-20-10-12-6-8-22(11-12)16(23)3-2-7-21-17(24)14-5-4-13(18)9-15(14)19/h4-5,9,12,20H,2-3,6-8,10-11H2,1H3,(H,21,24). The lowest BCUT2D eigenvalue weighted by atomic mass is 10.1. The van der Waals surface area contributed by atoms with Gasteiger partial charge in [0.1, 0.15) is 11.6 Å². The first-order valence-electron chi connectivity index (χ1n) is 8.17. The highest BCUT2D eigenvalue weighted by molar-refractivity contribution is 5.94. The van der Waals surface area contributed by atoms with Gasteiger partial charge in [-0.1, -0.05) is 0 Å². The molecule has 1 aromatic carbocycles. The van der Waals surface area contributed by atoms with Crippen LogP contribution in [0.1, 0.15) is 29.6 Å². The van der Waals surface area contributed by atoms with Crippen molar-refractivity contribution in [3.63, 3.8) is 0 Å². The first kappa shape index (κ1) is 18.3. The molecular weight excluding hydrogens is 316 g/mol. The molecule has 0 radical (unpaired) electrons. The van der Waals surface area contributed by atoms with Gasteiger partial charge in [0.15, 0.2) is 0 Å².